The number of anilines is 1. The van der Waals surface area contributed by atoms with Crippen LogP contribution in [0.3, 0.4) is 0 Å². The Morgan fingerprint density at radius 3 is 2.79 bits per heavy atom. The van der Waals surface area contributed by atoms with Crippen molar-refractivity contribution in [3.05, 3.63) is 77.4 Å². The minimum atomic E-state index is -0.587. The van der Waals surface area contributed by atoms with Crippen molar-refractivity contribution in [1.82, 2.24) is 15.1 Å². The van der Waals surface area contributed by atoms with Crippen LogP contribution in [-0.2, 0) is 4.79 Å². The van der Waals surface area contributed by atoms with Gasteiger partial charge in [-0.2, -0.15) is 0 Å². The monoisotopic (exact) mass is 392 g/mol. The van der Waals surface area contributed by atoms with E-state index in [1.807, 2.05) is 36.4 Å². The van der Waals surface area contributed by atoms with Gasteiger partial charge in [0.2, 0.25) is 11.1 Å². The Balaban J connectivity index is 2.03. The molecule has 1 atom stereocenters. The highest BCUT2D eigenvalue weighted by Crippen LogP contribution is 2.36. The number of nitrogens with zero attached hydrogens (tertiary/aromatic N) is 4. The Bertz CT molecular complexity index is 1110. The van der Waals surface area contributed by atoms with Gasteiger partial charge in [0.1, 0.15) is 0 Å². The molecule has 1 aromatic carbocycles. The van der Waals surface area contributed by atoms with Gasteiger partial charge in [-0.1, -0.05) is 30.0 Å². The molecule has 1 aliphatic heterocycles. The van der Waals surface area contributed by atoms with Crippen molar-refractivity contribution in [3.8, 4) is 11.3 Å². The molecule has 28 heavy (non-hydrogen) atoms. The first-order valence-corrected chi connectivity index (χ1v) is 9.69. The number of aromatic nitrogens is 4. The summed E-state index contributed by atoms with van der Waals surface area (Å²) >= 11 is 1.37. The summed E-state index contributed by atoms with van der Waals surface area (Å²) in [5, 5.41) is 5.13. The summed E-state index contributed by atoms with van der Waals surface area (Å²) in [5.41, 5.74) is 2.31. The Hall–Kier alpha value is -3.26. The number of fused-ring (bicyclic) bond motifs is 3. The quantitative estimate of drug-likeness (QED) is 0.419. The molecule has 3 aromatic rings. The first-order valence-electron chi connectivity index (χ1n) is 8.70. The number of H-pyrrole nitrogens is 1. The number of thioether (sulfide) groups is 1. The van der Waals surface area contributed by atoms with Crippen LogP contribution in [0.4, 0.5) is 5.69 Å². The van der Waals surface area contributed by atoms with Crippen LogP contribution in [0.2, 0.25) is 0 Å². The molecule has 7 nitrogen and oxygen atoms in total. The molecule has 1 aliphatic rings. The molecule has 1 amide bonds. The lowest BCUT2D eigenvalue weighted by Crippen LogP contribution is -2.60. The van der Waals surface area contributed by atoms with Crippen LogP contribution in [0.5, 0.6) is 0 Å². The zero-order chi connectivity index (χ0) is 19.7. The standard InChI is InChI=1S/C20H17N5O2S/c1-3-12-28-20-22-18(27)17-15-6-4-5-7-16(15)24(13(2)26)19(25(17)23-20)14-8-10-21-11-9-14/h3-11,19H,1,12H2,2H3/p+1. The third-order valence-corrected chi connectivity index (χ3v) is 5.30. The minimum Gasteiger partial charge on any atom is -0.291 e. The largest absolute Gasteiger partial charge is 0.325 e. The van der Waals surface area contributed by atoms with E-state index >= 15 is 0 Å². The van der Waals surface area contributed by atoms with Gasteiger partial charge in [0.25, 0.3) is 6.17 Å². The topological polar surface area (TPSA) is 82.8 Å². The van der Waals surface area contributed by atoms with Gasteiger partial charge in [-0.25, -0.2) is 4.90 Å². The average Bonchev–Trinajstić information content (AvgIpc) is 2.71. The van der Waals surface area contributed by atoms with E-state index in [1.165, 1.54) is 18.7 Å². The Kier molecular flexibility index (Phi) is 4.79. The number of benzene rings is 1. The highest BCUT2D eigenvalue weighted by Gasteiger charge is 2.44. The third-order valence-electron chi connectivity index (χ3n) is 4.44. The maximum Gasteiger partial charge on any atom is 0.325 e. The van der Waals surface area contributed by atoms with Gasteiger partial charge >= 0.3 is 11.3 Å². The second-order valence-corrected chi connectivity index (χ2v) is 7.22. The summed E-state index contributed by atoms with van der Waals surface area (Å²) < 4.78 is 1.63. The lowest BCUT2D eigenvalue weighted by atomic mass is 10.0. The number of para-hydroxylation sites is 1. The van der Waals surface area contributed by atoms with Crippen LogP contribution in [0, 0.1) is 0 Å². The molecular formula is C20H18N5O2S+. The summed E-state index contributed by atoms with van der Waals surface area (Å²) in [5.74, 6) is 0.463. The normalized spacial score (nSPS) is 14.9. The summed E-state index contributed by atoms with van der Waals surface area (Å²) in [6, 6.07) is 11.0. The number of aromatic amines is 1. The van der Waals surface area contributed by atoms with Crippen molar-refractivity contribution >= 4 is 23.4 Å². The molecule has 0 radical (unpaired) electrons. The minimum absolute atomic E-state index is 0.144. The van der Waals surface area contributed by atoms with E-state index in [0.29, 0.717) is 27.9 Å². The van der Waals surface area contributed by atoms with E-state index in [4.69, 9.17) is 0 Å². The lowest BCUT2D eigenvalue weighted by Gasteiger charge is -2.31. The Morgan fingerprint density at radius 2 is 2.07 bits per heavy atom. The van der Waals surface area contributed by atoms with Crippen molar-refractivity contribution in [3.63, 3.8) is 0 Å². The zero-order valence-corrected chi connectivity index (χ0v) is 16.0. The molecule has 4 rings (SSSR count). The first-order chi connectivity index (χ1) is 13.6. The summed E-state index contributed by atoms with van der Waals surface area (Å²) in [4.78, 5) is 34.2. The number of hydrogen-bond acceptors (Lipinski definition) is 5. The number of pyridine rings is 1. The number of rotatable bonds is 4. The predicted molar refractivity (Wildman–Crippen MR) is 107 cm³/mol. The van der Waals surface area contributed by atoms with Crippen molar-refractivity contribution in [2.24, 2.45) is 0 Å². The van der Waals surface area contributed by atoms with Crippen molar-refractivity contribution in [2.75, 3.05) is 10.7 Å². The Labute approximate surface area is 165 Å². The summed E-state index contributed by atoms with van der Waals surface area (Å²) in [7, 11) is 0. The molecule has 2 aromatic heterocycles. The molecule has 0 fully saturated rings. The van der Waals surface area contributed by atoms with Gasteiger partial charge in [-0.3, -0.25) is 19.6 Å². The maximum atomic E-state index is 13.0. The van der Waals surface area contributed by atoms with Gasteiger partial charge in [0, 0.05) is 35.7 Å². The number of amides is 1. The molecule has 1 N–H and O–H groups in total. The summed E-state index contributed by atoms with van der Waals surface area (Å²) in [6.07, 6.45) is 4.48. The number of carbonyl (C=O) groups is 1. The highest BCUT2D eigenvalue weighted by atomic mass is 32.2. The predicted octanol–water partition coefficient (Wildman–Crippen LogP) is 2.31. The van der Waals surface area contributed by atoms with Crippen LogP contribution in [0.25, 0.3) is 11.3 Å². The fourth-order valence-electron chi connectivity index (χ4n) is 3.35. The van der Waals surface area contributed by atoms with Crippen LogP contribution < -0.4 is 15.1 Å². The number of carbonyl (C=O) groups excluding carboxylic acids is 1. The van der Waals surface area contributed by atoms with Crippen LogP contribution in [0.1, 0.15) is 18.7 Å². The maximum absolute atomic E-state index is 13.0. The molecule has 3 heterocycles. The van der Waals surface area contributed by atoms with Gasteiger partial charge in [0.05, 0.1) is 11.3 Å². The smallest absolute Gasteiger partial charge is 0.291 e. The molecule has 1 unspecified atom stereocenters. The van der Waals surface area contributed by atoms with Crippen LogP contribution in [-0.4, -0.2) is 26.7 Å². The Morgan fingerprint density at radius 1 is 1.32 bits per heavy atom. The molecular weight excluding hydrogens is 374 g/mol. The lowest BCUT2D eigenvalue weighted by molar-refractivity contribution is -0.763. The van der Waals surface area contributed by atoms with E-state index in [-0.39, 0.29) is 11.5 Å². The van der Waals surface area contributed by atoms with E-state index < -0.39 is 6.17 Å². The van der Waals surface area contributed by atoms with E-state index in [0.717, 1.165) is 5.56 Å². The second kappa shape index (κ2) is 7.40. The van der Waals surface area contributed by atoms with Crippen LogP contribution >= 0.6 is 11.8 Å². The molecule has 0 saturated heterocycles. The molecule has 0 saturated carbocycles. The first kappa shape index (κ1) is 18.1. The molecule has 0 spiro atoms. The number of hydrogen-bond donors (Lipinski definition) is 1. The van der Waals surface area contributed by atoms with Crippen LogP contribution in [0.15, 0.2) is 71.4 Å². The van der Waals surface area contributed by atoms with Gasteiger partial charge in [0.15, 0.2) is 0 Å². The van der Waals surface area contributed by atoms with E-state index in [9.17, 15) is 9.59 Å². The van der Waals surface area contributed by atoms with Gasteiger partial charge in [-0.15, -0.1) is 6.58 Å². The molecule has 0 bridgehead atoms. The molecule has 140 valence electrons. The van der Waals surface area contributed by atoms with Gasteiger partial charge in [-0.05, 0) is 28.9 Å². The van der Waals surface area contributed by atoms with Crippen molar-refractivity contribution in [1.29, 1.82) is 0 Å². The second-order valence-electron chi connectivity index (χ2n) is 6.21. The van der Waals surface area contributed by atoms with Crippen molar-refractivity contribution < 1.29 is 9.48 Å². The van der Waals surface area contributed by atoms with E-state index in [2.05, 4.69) is 21.6 Å². The average molecular weight is 392 g/mol. The summed E-state index contributed by atoms with van der Waals surface area (Å²) in [6.45, 7) is 5.22. The van der Waals surface area contributed by atoms with Gasteiger partial charge < -0.3 is 0 Å². The molecule has 0 aliphatic carbocycles. The number of nitrogens with one attached hydrogen (secondary N) is 1. The van der Waals surface area contributed by atoms with E-state index in [1.54, 1.807) is 28.1 Å². The SMILES string of the molecule is C=CCSc1n[n+]2c(c(=O)[nH]1)-c1ccccc1N(C(C)=O)C2c1ccncc1. The fourth-order valence-corrected chi connectivity index (χ4v) is 3.94. The van der Waals surface area contributed by atoms with Crippen molar-refractivity contribution in [2.45, 2.75) is 18.2 Å². The third kappa shape index (κ3) is 3.01. The highest BCUT2D eigenvalue weighted by molar-refractivity contribution is 7.99. The fraction of sp³-hybridized carbons (Fsp3) is 0.150. The zero-order valence-electron chi connectivity index (χ0n) is 15.2. The molecule has 8 heteroatoms.